The lowest BCUT2D eigenvalue weighted by Crippen LogP contribution is -2.10. The third kappa shape index (κ3) is 2.88. The van der Waals surface area contributed by atoms with Crippen LogP contribution in [0.4, 0.5) is 0 Å². The number of hydrogen-bond acceptors (Lipinski definition) is 3. The summed E-state index contributed by atoms with van der Waals surface area (Å²) < 4.78 is 0. The largest absolute Gasteiger partial charge is 0.324 e. The van der Waals surface area contributed by atoms with Gasteiger partial charge in [-0.3, -0.25) is 0 Å². The van der Waals surface area contributed by atoms with E-state index in [1.807, 2.05) is 38.2 Å². The zero-order chi connectivity index (χ0) is 12.3. The molecule has 2 rings (SSSR count). The van der Waals surface area contributed by atoms with Gasteiger partial charge in [0.05, 0.1) is 0 Å². The lowest BCUT2D eigenvalue weighted by Gasteiger charge is -2.09. The minimum Gasteiger partial charge on any atom is -0.324 e. The summed E-state index contributed by atoms with van der Waals surface area (Å²) in [4.78, 5) is 8.86. The third-order valence-corrected chi connectivity index (χ3v) is 2.76. The van der Waals surface area contributed by atoms with Gasteiger partial charge in [0.15, 0.2) is 0 Å². The smallest absolute Gasteiger partial charge is 0.132 e. The highest BCUT2D eigenvalue weighted by Gasteiger charge is 2.07. The molecule has 2 aromatic rings. The number of aromatic nitrogens is 2. The van der Waals surface area contributed by atoms with Gasteiger partial charge in [-0.15, -0.1) is 0 Å². The summed E-state index contributed by atoms with van der Waals surface area (Å²) in [6.45, 7) is 3.93. The summed E-state index contributed by atoms with van der Waals surface area (Å²) in [6.07, 6.45) is 2.60. The van der Waals surface area contributed by atoms with Crippen molar-refractivity contribution in [2.75, 3.05) is 0 Å². The molecule has 0 saturated carbocycles. The van der Waals surface area contributed by atoms with E-state index in [-0.39, 0.29) is 6.04 Å². The van der Waals surface area contributed by atoms with Gasteiger partial charge in [0.25, 0.3) is 0 Å². The van der Waals surface area contributed by atoms with Crippen LogP contribution in [0.15, 0.2) is 36.5 Å². The number of hydrogen-bond donors (Lipinski definition) is 1. The van der Waals surface area contributed by atoms with Gasteiger partial charge < -0.3 is 5.73 Å². The van der Waals surface area contributed by atoms with E-state index in [2.05, 4.69) is 22.1 Å². The molecule has 1 atom stereocenters. The molecule has 3 heteroatoms. The predicted molar refractivity (Wildman–Crippen MR) is 68.6 cm³/mol. The Morgan fingerprint density at radius 1 is 1.24 bits per heavy atom. The van der Waals surface area contributed by atoms with Gasteiger partial charge in [0.1, 0.15) is 5.82 Å². The molecule has 0 spiro atoms. The van der Waals surface area contributed by atoms with Crippen LogP contribution in [-0.2, 0) is 6.42 Å². The highest BCUT2D eigenvalue weighted by Crippen LogP contribution is 2.13. The SMILES string of the molecule is Cc1nc(Cc2ccccc2)ncc1C(C)N. The van der Waals surface area contributed by atoms with E-state index >= 15 is 0 Å². The number of rotatable bonds is 3. The van der Waals surface area contributed by atoms with E-state index in [0.717, 1.165) is 23.5 Å². The molecule has 1 aromatic heterocycles. The predicted octanol–water partition coefficient (Wildman–Crippen LogP) is 2.40. The fourth-order valence-corrected chi connectivity index (χ4v) is 1.84. The molecule has 1 aromatic carbocycles. The van der Waals surface area contributed by atoms with Gasteiger partial charge in [-0.2, -0.15) is 0 Å². The van der Waals surface area contributed by atoms with E-state index in [4.69, 9.17) is 5.73 Å². The fourth-order valence-electron chi connectivity index (χ4n) is 1.84. The second kappa shape index (κ2) is 5.06. The molecule has 0 aliphatic heterocycles. The van der Waals surface area contributed by atoms with Gasteiger partial charge in [0, 0.05) is 29.9 Å². The van der Waals surface area contributed by atoms with Crippen molar-refractivity contribution in [1.82, 2.24) is 9.97 Å². The lowest BCUT2D eigenvalue weighted by atomic mass is 10.1. The minimum absolute atomic E-state index is 0.0132. The van der Waals surface area contributed by atoms with E-state index < -0.39 is 0 Å². The molecule has 0 radical (unpaired) electrons. The number of aryl methyl sites for hydroxylation is 1. The molecular weight excluding hydrogens is 210 g/mol. The maximum atomic E-state index is 5.84. The summed E-state index contributed by atoms with van der Waals surface area (Å²) in [5, 5.41) is 0. The second-order valence-corrected chi connectivity index (χ2v) is 4.28. The van der Waals surface area contributed by atoms with E-state index in [1.54, 1.807) is 0 Å². The lowest BCUT2D eigenvalue weighted by molar-refractivity contribution is 0.777. The Morgan fingerprint density at radius 2 is 1.94 bits per heavy atom. The first kappa shape index (κ1) is 11.7. The summed E-state index contributed by atoms with van der Waals surface area (Å²) in [6, 6.07) is 10.2. The Bertz CT molecular complexity index is 492. The summed E-state index contributed by atoms with van der Waals surface area (Å²) in [7, 11) is 0. The monoisotopic (exact) mass is 227 g/mol. The van der Waals surface area contributed by atoms with Crippen molar-refractivity contribution in [3.63, 3.8) is 0 Å². The molecule has 88 valence electrons. The van der Waals surface area contributed by atoms with Crippen LogP contribution < -0.4 is 5.73 Å². The van der Waals surface area contributed by atoms with Crippen LogP contribution in [0.25, 0.3) is 0 Å². The van der Waals surface area contributed by atoms with E-state index in [9.17, 15) is 0 Å². The summed E-state index contributed by atoms with van der Waals surface area (Å²) in [5.41, 5.74) is 9.05. The van der Waals surface area contributed by atoms with E-state index in [0.29, 0.717) is 0 Å². The van der Waals surface area contributed by atoms with Gasteiger partial charge in [0.2, 0.25) is 0 Å². The molecule has 3 nitrogen and oxygen atoms in total. The summed E-state index contributed by atoms with van der Waals surface area (Å²) >= 11 is 0. The maximum Gasteiger partial charge on any atom is 0.132 e. The van der Waals surface area contributed by atoms with Crippen LogP contribution in [0, 0.1) is 6.92 Å². The summed E-state index contributed by atoms with van der Waals surface area (Å²) in [5.74, 6) is 0.845. The van der Waals surface area contributed by atoms with Crippen molar-refractivity contribution < 1.29 is 0 Å². The first-order chi connectivity index (χ1) is 8.16. The van der Waals surface area contributed by atoms with Crippen LogP contribution in [0.3, 0.4) is 0 Å². The maximum absolute atomic E-state index is 5.84. The molecule has 0 aliphatic rings. The quantitative estimate of drug-likeness (QED) is 0.876. The minimum atomic E-state index is -0.0132. The van der Waals surface area contributed by atoms with E-state index in [1.165, 1.54) is 5.56 Å². The number of benzene rings is 1. The molecule has 2 N–H and O–H groups in total. The Labute approximate surface area is 102 Å². The number of nitrogens with zero attached hydrogens (tertiary/aromatic N) is 2. The Morgan fingerprint density at radius 3 is 2.53 bits per heavy atom. The van der Waals surface area contributed by atoms with Gasteiger partial charge in [-0.25, -0.2) is 9.97 Å². The standard InChI is InChI=1S/C14H17N3/c1-10(15)13-9-16-14(17-11(13)2)8-12-6-4-3-5-7-12/h3-7,9-10H,8,15H2,1-2H3. The van der Waals surface area contributed by atoms with Crippen LogP contribution in [0.1, 0.15) is 35.6 Å². The van der Waals surface area contributed by atoms with Crippen LogP contribution in [0.2, 0.25) is 0 Å². The van der Waals surface area contributed by atoms with Crippen molar-refractivity contribution in [2.45, 2.75) is 26.3 Å². The van der Waals surface area contributed by atoms with Crippen LogP contribution in [0.5, 0.6) is 0 Å². The van der Waals surface area contributed by atoms with Crippen molar-refractivity contribution in [3.05, 3.63) is 59.2 Å². The van der Waals surface area contributed by atoms with Gasteiger partial charge in [-0.1, -0.05) is 30.3 Å². The van der Waals surface area contributed by atoms with Crippen LogP contribution >= 0.6 is 0 Å². The molecule has 17 heavy (non-hydrogen) atoms. The zero-order valence-electron chi connectivity index (χ0n) is 10.2. The zero-order valence-corrected chi connectivity index (χ0v) is 10.2. The van der Waals surface area contributed by atoms with Crippen LogP contribution in [-0.4, -0.2) is 9.97 Å². The highest BCUT2D eigenvalue weighted by molar-refractivity contribution is 5.23. The Hall–Kier alpha value is -1.74. The third-order valence-electron chi connectivity index (χ3n) is 2.76. The molecule has 0 saturated heterocycles. The second-order valence-electron chi connectivity index (χ2n) is 4.28. The van der Waals surface area contributed by atoms with Crippen molar-refractivity contribution in [3.8, 4) is 0 Å². The molecule has 0 fully saturated rings. The van der Waals surface area contributed by atoms with Gasteiger partial charge in [-0.05, 0) is 19.4 Å². The first-order valence-corrected chi connectivity index (χ1v) is 5.78. The van der Waals surface area contributed by atoms with Crippen molar-refractivity contribution in [2.24, 2.45) is 5.73 Å². The molecule has 0 aliphatic carbocycles. The fraction of sp³-hybridized carbons (Fsp3) is 0.286. The molecule has 0 bridgehead atoms. The highest BCUT2D eigenvalue weighted by atomic mass is 14.9. The average Bonchev–Trinajstić information content (AvgIpc) is 2.30. The Kier molecular flexibility index (Phi) is 3.49. The Balaban J connectivity index is 2.21. The topological polar surface area (TPSA) is 51.8 Å². The molecule has 1 unspecified atom stereocenters. The van der Waals surface area contributed by atoms with Crippen molar-refractivity contribution >= 4 is 0 Å². The molecule has 0 amide bonds. The first-order valence-electron chi connectivity index (χ1n) is 5.78. The van der Waals surface area contributed by atoms with Gasteiger partial charge >= 0.3 is 0 Å². The number of nitrogens with two attached hydrogens (primary N) is 1. The normalized spacial score (nSPS) is 12.4. The average molecular weight is 227 g/mol. The molecule has 1 heterocycles. The molecular formula is C14H17N3. The van der Waals surface area contributed by atoms with Crippen molar-refractivity contribution in [1.29, 1.82) is 0 Å².